The van der Waals surface area contributed by atoms with Gasteiger partial charge in [-0.15, -0.1) is 0 Å². The summed E-state index contributed by atoms with van der Waals surface area (Å²) in [6.07, 6.45) is 6.97. The van der Waals surface area contributed by atoms with E-state index in [1.807, 2.05) is 30.0 Å². The Morgan fingerprint density at radius 2 is 2.00 bits per heavy atom. The fourth-order valence-electron chi connectivity index (χ4n) is 2.50. The smallest absolute Gasteiger partial charge is 0.238 e. The van der Waals surface area contributed by atoms with Crippen LogP contribution in [0.15, 0.2) is 24.3 Å². The minimum atomic E-state index is -0.0370. The Kier molecular flexibility index (Phi) is 6.20. The van der Waals surface area contributed by atoms with Crippen molar-refractivity contribution in [1.29, 1.82) is 0 Å². The average molecular weight is 313 g/mol. The number of benzene rings is 1. The minimum Gasteiger partial charge on any atom is -0.324 e. The monoisotopic (exact) mass is 312 g/mol. The molecule has 1 aliphatic carbocycles. The van der Waals surface area contributed by atoms with E-state index in [0.29, 0.717) is 23.3 Å². The van der Waals surface area contributed by atoms with Gasteiger partial charge in [-0.05, 0) is 44.1 Å². The number of anilines is 1. The first-order valence-corrected chi connectivity index (χ1v) is 8.66. The summed E-state index contributed by atoms with van der Waals surface area (Å²) in [5.74, 6) is -0.0370. The average Bonchev–Trinajstić information content (AvgIpc) is 2.48. The largest absolute Gasteiger partial charge is 0.324 e. The van der Waals surface area contributed by atoms with Gasteiger partial charge in [0.05, 0.1) is 17.3 Å². The summed E-state index contributed by atoms with van der Waals surface area (Å²) < 4.78 is 0. The first-order chi connectivity index (χ1) is 9.69. The normalized spacial score (nSPS) is 22.5. The third-order valence-corrected chi connectivity index (χ3v) is 5.17. The molecular formula is C15H21ClN2OS. The third-order valence-electron chi connectivity index (χ3n) is 3.71. The second-order valence-electron chi connectivity index (χ2n) is 5.12. The van der Waals surface area contributed by atoms with Gasteiger partial charge in [-0.2, -0.15) is 11.8 Å². The number of hydrogen-bond donors (Lipinski definition) is 2. The van der Waals surface area contributed by atoms with Crippen LogP contribution in [0.4, 0.5) is 5.69 Å². The zero-order chi connectivity index (χ0) is 14.4. The Bertz CT molecular complexity index is 447. The summed E-state index contributed by atoms with van der Waals surface area (Å²) in [6.45, 7) is 0.347. The maximum atomic E-state index is 11.9. The molecule has 5 heteroatoms. The molecule has 1 aromatic carbocycles. The first-order valence-electron chi connectivity index (χ1n) is 6.99. The van der Waals surface area contributed by atoms with Gasteiger partial charge in [-0.3, -0.25) is 4.79 Å². The van der Waals surface area contributed by atoms with Crippen LogP contribution in [0.5, 0.6) is 0 Å². The standard InChI is InChI=1S/C15H21ClN2OS/c1-20-12-8-6-11(7-9-12)17-10-15(19)18-14-5-3-2-4-13(14)16/h2-5,11-12,17H,6-10H2,1H3,(H,18,19). The zero-order valence-electron chi connectivity index (χ0n) is 11.7. The molecule has 110 valence electrons. The molecule has 1 amide bonds. The summed E-state index contributed by atoms with van der Waals surface area (Å²) in [5, 5.41) is 7.54. The van der Waals surface area contributed by atoms with Crippen molar-refractivity contribution in [3.05, 3.63) is 29.3 Å². The van der Waals surface area contributed by atoms with Crippen LogP contribution in [0.1, 0.15) is 25.7 Å². The number of rotatable bonds is 5. The fraction of sp³-hybridized carbons (Fsp3) is 0.533. The van der Waals surface area contributed by atoms with Crippen LogP contribution < -0.4 is 10.6 Å². The maximum absolute atomic E-state index is 11.9. The van der Waals surface area contributed by atoms with Crippen molar-refractivity contribution in [3.63, 3.8) is 0 Å². The van der Waals surface area contributed by atoms with E-state index in [9.17, 15) is 4.79 Å². The second kappa shape index (κ2) is 7.91. The van der Waals surface area contributed by atoms with E-state index in [-0.39, 0.29) is 5.91 Å². The predicted molar refractivity (Wildman–Crippen MR) is 87.6 cm³/mol. The zero-order valence-corrected chi connectivity index (χ0v) is 13.3. The lowest BCUT2D eigenvalue weighted by Gasteiger charge is -2.27. The molecule has 1 saturated carbocycles. The van der Waals surface area contributed by atoms with Gasteiger partial charge < -0.3 is 10.6 Å². The van der Waals surface area contributed by atoms with Crippen molar-refractivity contribution in [3.8, 4) is 0 Å². The summed E-state index contributed by atoms with van der Waals surface area (Å²) in [7, 11) is 0. The number of carbonyl (C=O) groups is 1. The van der Waals surface area contributed by atoms with E-state index in [1.54, 1.807) is 6.07 Å². The Labute approximate surface area is 129 Å². The van der Waals surface area contributed by atoms with E-state index in [4.69, 9.17) is 11.6 Å². The van der Waals surface area contributed by atoms with E-state index in [2.05, 4.69) is 16.9 Å². The Morgan fingerprint density at radius 3 is 2.65 bits per heavy atom. The number of para-hydroxylation sites is 1. The number of hydrogen-bond acceptors (Lipinski definition) is 3. The molecular weight excluding hydrogens is 292 g/mol. The van der Waals surface area contributed by atoms with Crippen molar-refractivity contribution in [2.75, 3.05) is 18.1 Å². The number of thioether (sulfide) groups is 1. The van der Waals surface area contributed by atoms with Gasteiger partial charge in [-0.1, -0.05) is 23.7 Å². The van der Waals surface area contributed by atoms with Crippen LogP contribution in [0.2, 0.25) is 5.02 Å². The second-order valence-corrected chi connectivity index (χ2v) is 6.66. The highest BCUT2D eigenvalue weighted by Gasteiger charge is 2.20. The molecule has 0 bridgehead atoms. The number of carbonyl (C=O) groups excluding carboxylic acids is 1. The molecule has 2 rings (SSSR count). The molecule has 0 radical (unpaired) electrons. The SMILES string of the molecule is CSC1CCC(NCC(=O)Nc2ccccc2Cl)CC1. The maximum Gasteiger partial charge on any atom is 0.238 e. The van der Waals surface area contributed by atoms with Crippen LogP contribution in [-0.2, 0) is 4.79 Å². The first kappa shape index (κ1) is 15.7. The van der Waals surface area contributed by atoms with Crippen LogP contribution in [-0.4, -0.2) is 30.0 Å². The van der Waals surface area contributed by atoms with E-state index in [0.717, 1.165) is 18.1 Å². The molecule has 0 unspecified atom stereocenters. The van der Waals surface area contributed by atoms with Crippen molar-refractivity contribution >= 4 is 35.0 Å². The molecule has 3 nitrogen and oxygen atoms in total. The van der Waals surface area contributed by atoms with Gasteiger partial charge in [0.1, 0.15) is 0 Å². The van der Waals surface area contributed by atoms with Gasteiger partial charge in [-0.25, -0.2) is 0 Å². The highest BCUT2D eigenvalue weighted by Crippen LogP contribution is 2.26. The molecule has 2 N–H and O–H groups in total. The Balaban J connectivity index is 1.72. The molecule has 1 aliphatic rings. The molecule has 0 aliphatic heterocycles. The summed E-state index contributed by atoms with van der Waals surface area (Å²) in [5.41, 5.74) is 0.673. The van der Waals surface area contributed by atoms with Crippen LogP contribution >= 0.6 is 23.4 Å². The summed E-state index contributed by atoms with van der Waals surface area (Å²) in [6, 6.07) is 7.76. The Hall–Kier alpha value is -0.710. The van der Waals surface area contributed by atoms with Gasteiger partial charge >= 0.3 is 0 Å². The molecule has 20 heavy (non-hydrogen) atoms. The Morgan fingerprint density at radius 1 is 1.30 bits per heavy atom. The highest BCUT2D eigenvalue weighted by molar-refractivity contribution is 7.99. The lowest BCUT2D eigenvalue weighted by molar-refractivity contribution is -0.115. The van der Waals surface area contributed by atoms with Crippen LogP contribution in [0.3, 0.4) is 0 Å². The molecule has 0 aromatic heterocycles. The van der Waals surface area contributed by atoms with Gasteiger partial charge in [0.2, 0.25) is 5.91 Å². The molecule has 0 saturated heterocycles. The highest BCUT2D eigenvalue weighted by atomic mass is 35.5. The van der Waals surface area contributed by atoms with Crippen LogP contribution in [0.25, 0.3) is 0 Å². The number of amides is 1. The summed E-state index contributed by atoms with van der Waals surface area (Å²) >= 11 is 7.97. The van der Waals surface area contributed by atoms with E-state index < -0.39 is 0 Å². The minimum absolute atomic E-state index is 0.0370. The van der Waals surface area contributed by atoms with Crippen molar-refractivity contribution in [2.24, 2.45) is 0 Å². The molecule has 1 fully saturated rings. The molecule has 0 atom stereocenters. The number of halogens is 1. The predicted octanol–water partition coefficient (Wildman–Crippen LogP) is 3.54. The van der Waals surface area contributed by atoms with Crippen molar-refractivity contribution < 1.29 is 4.79 Å². The van der Waals surface area contributed by atoms with Crippen molar-refractivity contribution in [1.82, 2.24) is 5.32 Å². The van der Waals surface area contributed by atoms with E-state index in [1.165, 1.54) is 12.8 Å². The van der Waals surface area contributed by atoms with Gasteiger partial charge in [0.15, 0.2) is 0 Å². The number of nitrogens with one attached hydrogen (secondary N) is 2. The third kappa shape index (κ3) is 4.69. The summed E-state index contributed by atoms with van der Waals surface area (Å²) in [4.78, 5) is 11.9. The van der Waals surface area contributed by atoms with Crippen LogP contribution in [0, 0.1) is 0 Å². The van der Waals surface area contributed by atoms with Crippen molar-refractivity contribution in [2.45, 2.75) is 37.0 Å². The fourth-order valence-corrected chi connectivity index (χ4v) is 3.42. The molecule has 1 aromatic rings. The van der Waals surface area contributed by atoms with Gasteiger partial charge in [0.25, 0.3) is 0 Å². The lowest BCUT2D eigenvalue weighted by Crippen LogP contribution is -2.38. The van der Waals surface area contributed by atoms with Gasteiger partial charge in [0, 0.05) is 11.3 Å². The topological polar surface area (TPSA) is 41.1 Å². The lowest BCUT2D eigenvalue weighted by atomic mass is 9.95. The quantitative estimate of drug-likeness (QED) is 0.873. The molecule has 0 spiro atoms. The molecule has 0 heterocycles. The van der Waals surface area contributed by atoms with E-state index >= 15 is 0 Å².